The molecule has 0 aliphatic rings. The minimum absolute atomic E-state index is 0. The monoisotopic (exact) mass is 327 g/mol. The van der Waals surface area contributed by atoms with Crippen LogP contribution < -0.4 is 5.73 Å². The van der Waals surface area contributed by atoms with Gasteiger partial charge in [0.25, 0.3) is 0 Å². The van der Waals surface area contributed by atoms with E-state index in [1.165, 1.54) is 12.1 Å². The van der Waals surface area contributed by atoms with E-state index in [2.05, 4.69) is 0 Å². The van der Waals surface area contributed by atoms with Gasteiger partial charge < -0.3 is 30.6 Å². The molecule has 0 saturated heterocycles. The second-order valence-corrected chi connectivity index (χ2v) is 4.36. The van der Waals surface area contributed by atoms with Gasteiger partial charge in [-0.3, -0.25) is 4.79 Å². The second kappa shape index (κ2) is 12.1. The third kappa shape index (κ3) is 16.6. The van der Waals surface area contributed by atoms with Crippen molar-refractivity contribution in [1.82, 2.24) is 0 Å². The first kappa shape index (κ1) is 25.5. The molecule has 0 aliphatic carbocycles. The molecule has 0 saturated carbocycles. The third-order valence-electron chi connectivity index (χ3n) is 1.71. The van der Waals surface area contributed by atoms with Crippen molar-refractivity contribution in [2.45, 2.75) is 12.5 Å². The summed E-state index contributed by atoms with van der Waals surface area (Å²) in [7, 11) is -4.64. The summed E-state index contributed by atoms with van der Waals surface area (Å²) in [5.41, 5.74) is 6.12. The van der Waals surface area contributed by atoms with Crippen molar-refractivity contribution in [3.05, 3.63) is 29.8 Å². The number of hydrogen-bond acceptors (Lipinski definition) is 4. The molecule has 8 nitrogen and oxygen atoms in total. The molecule has 20 heavy (non-hydrogen) atoms. The second-order valence-electron chi connectivity index (χ2n) is 3.33. The van der Waals surface area contributed by atoms with Crippen LogP contribution in [0.3, 0.4) is 0 Å². The van der Waals surface area contributed by atoms with Gasteiger partial charge in [0, 0.05) is 0 Å². The van der Waals surface area contributed by atoms with Gasteiger partial charge in [0.15, 0.2) is 0 Å². The molecule has 1 atom stereocenters. The Morgan fingerprint density at radius 2 is 1.50 bits per heavy atom. The molecule has 106 valence electrons. The Hall–Kier alpha value is 0.560. The van der Waals surface area contributed by atoms with Gasteiger partial charge in [-0.15, -0.1) is 0 Å². The van der Waals surface area contributed by atoms with Gasteiger partial charge in [-0.2, -0.15) is 0 Å². The van der Waals surface area contributed by atoms with Crippen molar-refractivity contribution in [3.63, 3.8) is 0 Å². The van der Waals surface area contributed by atoms with Crippen LogP contribution in [0.5, 0.6) is 5.75 Å². The summed E-state index contributed by atoms with van der Waals surface area (Å²) in [5, 5.41) is 17.5. The van der Waals surface area contributed by atoms with Crippen LogP contribution in [0.4, 0.5) is 0 Å². The number of rotatable bonds is 3. The molecule has 0 unspecified atom stereocenters. The van der Waals surface area contributed by atoms with Crippen molar-refractivity contribution >= 4 is 72.9 Å². The molecule has 0 bridgehead atoms. The standard InChI is InChI=1S/C9H11NO3.2Na.H3O4P.2H/c10-8(9(12)13)5-6-1-3-7(11)4-2-6;;;1-5(2,3)4;;/h1-4,8,11H,5,10H2,(H,12,13);;;(H3,1,2,3,4);;/t8-;;;;;/m0...../s1. The molecule has 11 heteroatoms. The maximum absolute atomic E-state index is 10.4. The van der Waals surface area contributed by atoms with E-state index in [9.17, 15) is 4.79 Å². The zero-order valence-electron chi connectivity index (χ0n) is 9.17. The van der Waals surface area contributed by atoms with E-state index in [1.54, 1.807) is 12.1 Å². The average Bonchev–Trinajstić information content (AvgIpc) is 2.18. The van der Waals surface area contributed by atoms with E-state index in [4.69, 9.17) is 35.2 Å². The fraction of sp³-hybridized carbons (Fsp3) is 0.222. The number of phenols is 1. The van der Waals surface area contributed by atoms with Crippen molar-refractivity contribution < 1.29 is 34.3 Å². The first-order valence-electron chi connectivity index (χ1n) is 4.64. The summed E-state index contributed by atoms with van der Waals surface area (Å²) in [5.74, 6) is -0.860. The number of aromatic hydroxyl groups is 1. The van der Waals surface area contributed by atoms with E-state index in [1.807, 2.05) is 0 Å². The fourth-order valence-electron chi connectivity index (χ4n) is 0.973. The van der Waals surface area contributed by atoms with Crippen molar-refractivity contribution in [2.75, 3.05) is 0 Å². The molecule has 0 heterocycles. The summed E-state index contributed by atoms with van der Waals surface area (Å²) in [6.45, 7) is 0. The van der Waals surface area contributed by atoms with Crippen molar-refractivity contribution in [3.8, 4) is 5.75 Å². The summed E-state index contributed by atoms with van der Waals surface area (Å²) in [6, 6.07) is 5.42. The van der Waals surface area contributed by atoms with Crippen molar-refractivity contribution in [2.24, 2.45) is 5.73 Å². The number of nitrogens with two attached hydrogens (primary N) is 1. The summed E-state index contributed by atoms with van der Waals surface area (Å²) in [6.07, 6.45) is 0.273. The number of aliphatic carboxylic acids is 1. The van der Waals surface area contributed by atoms with Gasteiger partial charge >= 0.3 is 72.9 Å². The van der Waals surface area contributed by atoms with Crippen LogP contribution in [0.2, 0.25) is 0 Å². The first-order valence-corrected chi connectivity index (χ1v) is 6.20. The number of phenolic OH excluding ortho intramolecular Hbond substituents is 1. The molecule has 1 rings (SSSR count). The SMILES string of the molecule is N[C@@H](Cc1ccc(O)cc1)C(=O)O.O=P(O)(O)O.[NaH].[NaH]. The average molecular weight is 327 g/mol. The first-order chi connectivity index (χ1) is 8.09. The predicted molar refractivity (Wildman–Crippen MR) is 76.0 cm³/mol. The van der Waals surface area contributed by atoms with Crippen molar-refractivity contribution in [1.29, 1.82) is 0 Å². The van der Waals surface area contributed by atoms with Crippen LogP contribution in [0.15, 0.2) is 24.3 Å². The molecule has 0 spiro atoms. The molecule has 1 aromatic rings. The third-order valence-corrected chi connectivity index (χ3v) is 1.71. The van der Waals surface area contributed by atoms with Crippen LogP contribution in [-0.2, 0) is 15.8 Å². The zero-order chi connectivity index (χ0) is 14.3. The molecule has 1 aromatic carbocycles. The summed E-state index contributed by atoms with van der Waals surface area (Å²) in [4.78, 5) is 32.0. The molecule has 0 fully saturated rings. The molecule has 7 N–H and O–H groups in total. The molecule has 0 radical (unpaired) electrons. The molecule has 0 aliphatic heterocycles. The number of carboxylic acids is 1. The number of carboxylic acid groups (broad SMARTS) is 1. The van der Waals surface area contributed by atoms with E-state index in [-0.39, 0.29) is 71.3 Å². The van der Waals surface area contributed by atoms with E-state index >= 15 is 0 Å². The Morgan fingerprint density at radius 1 is 1.15 bits per heavy atom. The number of carbonyl (C=O) groups is 1. The molecular weight excluding hydrogens is 311 g/mol. The van der Waals surface area contributed by atoms with Gasteiger partial charge in [0.2, 0.25) is 0 Å². The number of phosphoric acid groups is 1. The van der Waals surface area contributed by atoms with E-state index in [0.717, 1.165) is 5.56 Å². The van der Waals surface area contributed by atoms with Crippen LogP contribution in [0.25, 0.3) is 0 Å². The fourth-order valence-corrected chi connectivity index (χ4v) is 0.973. The zero-order valence-corrected chi connectivity index (χ0v) is 10.1. The maximum atomic E-state index is 10.4. The van der Waals surface area contributed by atoms with Crippen LogP contribution in [-0.4, -0.2) is 96.0 Å². The van der Waals surface area contributed by atoms with Gasteiger partial charge in [-0.1, -0.05) is 12.1 Å². The van der Waals surface area contributed by atoms with E-state index in [0.29, 0.717) is 0 Å². The molecular formula is C9H16NNa2O7P. The van der Waals surface area contributed by atoms with Gasteiger partial charge in [-0.05, 0) is 24.1 Å². The summed E-state index contributed by atoms with van der Waals surface area (Å²) >= 11 is 0. The normalized spacial score (nSPS) is 11.0. The number of hydrogen-bond donors (Lipinski definition) is 6. The van der Waals surface area contributed by atoms with Crippen LogP contribution in [0, 0.1) is 0 Å². The van der Waals surface area contributed by atoms with Crippen LogP contribution in [0.1, 0.15) is 5.56 Å². The molecule has 0 amide bonds. The predicted octanol–water partition coefficient (Wildman–Crippen LogP) is -1.88. The Labute approximate surface area is 159 Å². The van der Waals surface area contributed by atoms with Gasteiger partial charge in [0.1, 0.15) is 11.8 Å². The minimum atomic E-state index is -4.64. The summed E-state index contributed by atoms with van der Waals surface area (Å²) < 4.78 is 8.88. The number of benzene rings is 1. The molecule has 0 aromatic heterocycles. The van der Waals surface area contributed by atoms with Gasteiger partial charge in [-0.25, -0.2) is 4.57 Å². The Bertz CT molecular complexity index is 428. The van der Waals surface area contributed by atoms with Crippen LogP contribution >= 0.6 is 7.82 Å². The Morgan fingerprint density at radius 3 is 1.80 bits per heavy atom. The Balaban J connectivity index is -0.000000361. The topological polar surface area (TPSA) is 161 Å². The van der Waals surface area contributed by atoms with E-state index < -0.39 is 19.8 Å². The Kier molecular flexibility index (Phi) is 15.5. The quantitative estimate of drug-likeness (QED) is 0.278. The van der Waals surface area contributed by atoms with Gasteiger partial charge in [0.05, 0.1) is 0 Å².